The first-order chi connectivity index (χ1) is 6.42. The maximum Gasteiger partial charge on any atom is 0.0208 e. The van der Waals surface area contributed by atoms with E-state index in [0.717, 1.165) is 18.8 Å². The quantitative estimate of drug-likeness (QED) is 0.772. The van der Waals surface area contributed by atoms with Gasteiger partial charge in [-0.1, -0.05) is 18.2 Å². The first-order valence-corrected chi connectivity index (χ1v) is 6.10. The highest BCUT2D eigenvalue weighted by atomic mass is 32.2. The zero-order valence-corrected chi connectivity index (χ0v) is 8.79. The third kappa shape index (κ3) is 1.89. The molecule has 0 aliphatic carbocycles. The van der Waals surface area contributed by atoms with Crippen molar-refractivity contribution in [2.24, 2.45) is 0 Å². The third-order valence-corrected chi connectivity index (χ3v) is 3.14. The van der Waals surface area contributed by atoms with Gasteiger partial charge in [0, 0.05) is 12.3 Å². The Bertz CT molecular complexity index is 296. The van der Waals surface area contributed by atoms with Crippen molar-refractivity contribution in [2.45, 2.75) is 18.7 Å². The van der Waals surface area contributed by atoms with Gasteiger partial charge in [-0.05, 0) is 35.9 Å². The van der Waals surface area contributed by atoms with Crippen LogP contribution in [0.15, 0.2) is 18.2 Å². The summed E-state index contributed by atoms with van der Waals surface area (Å²) in [5.74, 6) is 1.16. The Morgan fingerprint density at radius 2 is 2.38 bits per heavy atom. The highest BCUT2D eigenvalue weighted by Gasteiger charge is 2.11. The summed E-state index contributed by atoms with van der Waals surface area (Å²) in [4.78, 5) is 0. The zero-order chi connectivity index (χ0) is 9.10. The summed E-state index contributed by atoms with van der Waals surface area (Å²) < 4.78 is 0. The summed E-state index contributed by atoms with van der Waals surface area (Å²) >= 11 is 1.91. The lowest BCUT2D eigenvalue weighted by Gasteiger charge is -2.19. The van der Waals surface area contributed by atoms with Crippen molar-refractivity contribution in [3.05, 3.63) is 34.9 Å². The number of thioether (sulfide) groups is 1. The van der Waals surface area contributed by atoms with E-state index >= 15 is 0 Å². The molecule has 0 aromatic heterocycles. The van der Waals surface area contributed by atoms with Gasteiger partial charge in [-0.15, -0.1) is 0 Å². The molecule has 0 atom stereocenters. The van der Waals surface area contributed by atoms with Gasteiger partial charge in [-0.25, -0.2) is 0 Å². The fourth-order valence-corrected chi connectivity index (χ4v) is 2.48. The molecule has 0 fully saturated rings. The summed E-state index contributed by atoms with van der Waals surface area (Å²) in [5.41, 5.74) is 4.62. The molecule has 0 unspecified atom stereocenters. The van der Waals surface area contributed by atoms with E-state index in [1.54, 1.807) is 5.56 Å². The van der Waals surface area contributed by atoms with Crippen molar-refractivity contribution < 1.29 is 0 Å². The fraction of sp³-hybridized carbons (Fsp3) is 0.455. The van der Waals surface area contributed by atoms with E-state index in [1.807, 2.05) is 11.8 Å². The Morgan fingerprint density at radius 1 is 1.46 bits per heavy atom. The average molecular weight is 193 g/mol. The van der Waals surface area contributed by atoms with Crippen molar-refractivity contribution >= 4 is 11.8 Å². The minimum absolute atomic E-state index is 1.05. The Morgan fingerprint density at radius 3 is 3.23 bits per heavy atom. The van der Waals surface area contributed by atoms with Gasteiger partial charge in [0.25, 0.3) is 0 Å². The summed E-state index contributed by atoms with van der Waals surface area (Å²) in [5, 5.41) is 3.40. The van der Waals surface area contributed by atoms with E-state index in [9.17, 15) is 0 Å². The van der Waals surface area contributed by atoms with Gasteiger partial charge < -0.3 is 5.32 Å². The first-order valence-electron chi connectivity index (χ1n) is 4.71. The van der Waals surface area contributed by atoms with Crippen LogP contribution < -0.4 is 5.32 Å². The number of rotatable bonds is 2. The molecule has 0 bridgehead atoms. The van der Waals surface area contributed by atoms with Gasteiger partial charge in [0.15, 0.2) is 0 Å². The van der Waals surface area contributed by atoms with Crippen LogP contribution in [0.1, 0.15) is 16.7 Å². The smallest absolute Gasteiger partial charge is 0.0208 e. The van der Waals surface area contributed by atoms with Gasteiger partial charge in [0.2, 0.25) is 0 Å². The van der Waals surface area contributed by atoms with Crippen molar-refractivity contribution in [1.82, 2.24) is 5.32 Å². The number of nitrogens with one attached hydrogen (secondary N) is 1. The lowest BCUT2D eigenvalue weighted by atomic mass is 9.96. The Labute approximate surface area is 83.9 Å². The second-order valence-electron chi connectivity index (χ2n) is 3.41. The lowest BCUT2D eigenvalue weighted by Crippen LogP contribution is -2.24. The largest absolute Gasteiger partial charge is 0.312 e. The molecule has 1 nitrogen and oxygen atoms in total. The van der Waals surface area contributed by atoms with Crippen molar-refractivity contribution in [1.29, 1.82) is 0 Å². The molecule has 1 heterocycles. The van der Waals surface area contributed by atoms with Gasteiger partial charge in [0.1, 0.15) is 0 Å². The molecule has 0 spiro atoms. The van der Waals surface area contributed by atoms with Gasteiger partial charge in [0.05, 0.1) is 0 Å². The number of fused-ring (bicyclic) bond motifs is 1. The second kappa shape index (κ2) is 4.16. The Kier molecular flexibility index (Phi) is 2.91. The van der Waals surface area contributed by atoms with Gasteiger partial charge in [-0.3, -0.25) is 0 Å². The molecule has 0 saturated carbocycles. The van der Waals surface area contributed by atoms with E-state index in [-0.39, 0.29) is 0 Å². The summed E-state index contributed by atoms with van der Waals surface area (Å²) in [7, 11) is 0. The molecule has 1 aromatic rings. The molecule has 13 heavy (non-hydrogen) atoms. The van der Waals surface area contributed by atoms with E-state index < -0.39 is 0 Å². The molecule has 2 rings (SSSR count). The van der Waals surface area contributed by atoms with E-state index in [4.69, 9.17) is 0 Å². The van der Waals surface area contributed by atoms with Crippen LogP contribution in [-0.4, -0.2) is 12.8 Å². The van der Waals surface area contributed by atoms with Gasteiger partial charge in [-0.2, -0.15) is 11.8 Å². The maximum atomic E-state index is 3.40. The molecule has 0 radical (unpaired) electrons. The summed E-state index contributed by atoms with van der Waals surface area (Å²) in [6.45, 7) is 2.19. The van der Waals surface area contributed by atoms with Crippen LogP contribution in [0.3, 0.4) is 0 Å². The number of benzene rings is 1. The Balaban J connectivity index is 2.34. The maximum absolute atomic E-state index is 3.40. The topological polar surface area (TPSA) is 12.0 Å². The van der Waals surface area contributed by atoms with Gasteiger partial charge >= 0.3 is 0 Å². The molecule has 1 aliphatic rings. The minimum atomic E-state index is 1.05. The SMILES string of the molecule is CSCc1cccc2c1CCNC2. The molecule has 0 amide bonds. The van der Waals surface area contributed by atoms with Crippen LogP contribution in [0, 0.1) is 0 Å². The van der Waals surface area contributed by atoms with Crippen molar-refractivity contribution in [3.8, 4) is 0 Å². The average Bonchev–Trinajstić information content (AvgIpc) is 2.19. The molecule has 0 saturated heterocycles. The van der Waals surface area contributed by atoms with Crippen LogP contribution >= 0.6 is 11.8 Å². The highest BCUT2D eigenvalue weighted by molar-refractivity contribution is 7.97. The first kappa shape index (κ1) is 9.10. The standard InChI is InChI=1S/C11H15NS/c1-13-8-10-4-2-3-9-7-12-6-5-11(9)10/h2-4,12H,5-8H2,1H3. The molecular weight excluding hydrogens is 178 g/mol. The molecule has 1 aliphatic heterocycles. The lowest BCUT2D eigenvalue weighted by molar-refractivity contribution is 0.641. The third-order valence-electron chi connectivity index (χ3n) is 2.54. The summed E-state index contributed by atoms with van der Waals surface area (Å²) in [6, 6.07) is 6.68. The van der Waals surface area contributed by atoms with Crippen molar-refractivity contribution in [2.75, 3.05) is 12.8 Å². The monoisotopic (exact) mass is 193 g/mol. The second-order valence-corrected chi connectivity index (χ2v) is 4.28. The molecular formula is C11H15NS. The minimum Gasteiger partial charge on any atom is -0.312 e. The Hall–Kier alpha value is -0.470. The van der Waals surface area contributed by atoms with Crippen LogP contribution in [0.4, 0.5) is 0 Å². The van der Waals surface area contributed by atoms with Crippen LogP contribution in [0.2, 0.25) is 0 Å². The zero-order valence-electron chi connectivity index (χ0n) is 7.97. The molecule has 70 valence electrons. The van der Waals surface area contributed by atoms with Crippen LogP contribution in [0.25, 0.3) is 0 Å². The van der Waals surface area contributed by atoms with Crippen molar-refractivity contribution in [3.63, 3.8) is 0 Å². The highest BCUT2D eigenvalue weighted by Crippen LogP contribution is 2.21. The van der Waals surface area contributed by atoms with Crippen LogP contribution in [0.5, 0.6) is 0 Å². The fourth-order valence-electron chi connectivity index (χ4n) is 1.90. The molecule has 1 N–H and O–H groups in total. The van der Waals surface area contributed by atoms with E-state index in [0.29, 0.717) is 0 Å². The van der Waals surface area contributed by atoms with E-state index in [1.165, 1.54) is 17.5 Å². The number of hydrogen-bond donors (Lipinski definition) is 1. The predicted molar refractivity (Wildman–Crippen MR) is 59.1 cm³/mol. The summed E-state index contributed by atoms with van der Waals surface area (Å²) in [6.07, 6.45) is 3.37. The normalized spacial score (nSPS) is 15.5. The predicted octanol–water partition coefficient (Wildman–Crippen LogP) is 2.20. The molecule has 2 heteroatoms. The molecule has 1 aromatic carbocycles. The van der Waals surface area contributed by atoms with E-state index in [2.05, 4.69) is 29.8 Å². The van der Waals surface area contributed by atoms with Crippen LogP contribution in [-0.2, 0) is 18.7 Å². The number of hydrogen-bond acceptors (Lipinski definition) is 2.